The summed E-state index contributed by atoms with van der Waals surface area (Å²) >= 11 is 0. The van der Waals surface area contributed by atoms with E-state index >= 15 is 0 Å². The lowest BCUT2D eigenvalue weighted by molar-refractivity contribution is 0.477. The van der Waals surface area contributed by atoms with Crippen molar-refractivity contribution >= 4 is 60.2 Å². The van der Waals surface area contributed by atoms with E-state index < -0.39 is 5.41 Å². The van der Waals surface area contributed by atoms with Gasteiger partial charge in [0.1, 0.15) is 0 Å². The Kier molecular flexibility index (Phi) is 7.26. The fourth-order valence-corrected chi connectivity index (χ4v) is 10.8. The quantitative estimate of drug-likeness (QED) is 0.128. The van der Waals surface area contributed by atoms with Crippen molar-refractivity contribution in [2.24, 2.45) is 0 Å². The van der Waals surface area contributed by atoms with Gasteiger partial charge in [-0.2, -0.15) is 0 Å². The summed E-state index contributed by atoms with van der Waals surface area (Å²) in [4.78, 5) is 2.30. The number of nitrogens with zero attached hydrogens (tertiary/aromatic N) is 1. The molecule has 0 aromatic heterocycles. The maximum absolute atomic E-state index is 6.75. The van der Waals surface area contributed by atoms with Crippen molar-refractivity contribution in [1.29, 1.82) is 0 Å². The number of hydrogen-bond acceptors (Lipinski definition) is 2. The first kappa shape index (κ1) is 34.0. The van der Waals surface area contributed by atoms with Crippen molar-refractivity contribution in [2.75, 3.05) is 4.90 Å². The number of anilines is 3. The highest BCUT2D eigenvalue weighted by atomic mass is 16.5. The van der Waals surface area contributed by atoms with E-state index in [1.54, 1.807) is 0 Å². The van der Waals surface area contributed by atoms with E-state index in [1.807, 2.05) is 6.07 Å². The first-order valence-corrected chi connectivity index (χ1v) is 21.1. The highest BCUT2D eigenvalue weighted by Gasteiger charge is 2.45. The summed E-state index contributed by atoms with van der Waals surface area (Å²) < 4.78 is 6.75. The van der Waals surface area contributed by atoms with Gasteiger partial charge in [-0.1, -0.05) is 176 Å². The Bertz CT molecular complexity index is 3460. The minimum atomic E-state index is -0.499. The van der Waals surface area contributed by atoms with Crippen LogP contribution in [0.3, 0.4) is 0 Å². The Morgan fingerprint density at radius 3 is 1.56 bits per heavy atom. The number of para-hydroxylation sites is 3. The summed E-state index contributed by atoms with van der Waals surface area (Å²) in [7, 11) is 0. The molecular formula is C59H37NO. The number of benzene rings is 11. The molecule has 1 aliphatic heterocycles. The summed E-state index contributed by atoms with van der Waals surface area (Å²) in [5, 5.41) is 10.1. The largest absolute Gasteiger partial charge is 0.453 e. The van der Waals surface area contributed by atoms with Crippen LogP contribution in [-0.2, 0) is 5.41 Å². The standard InChI is InChI=1S/C59H37NO/c1-4-18-42(19-5-1)59(43-20-6-2-7-21-43)49-28-16-17-38-31-32-39-35-41(36-50(59)58(39)57(38)49)56-47-26-12-10-24-45(47)55(46-25-11-13-27-48(46)56)40-33-34-52-54(37-40)61-53-30-15-14-29-51(53)60(52)44-22-8-3-9-23-44/h1-37H. The summed E-state index contributed by atoms with van der Waals surface area (Å²) in [6.07, 6.45) is 0. The third-order valence-electron chi connectivity index (χ3n) is 13.2. The lowest BCUT2D eigenvalue weighted by Crippen LogP contribution is -2.28. The average Bonchev–Trinajstić information content (AvgIpc) is 3.64. The molecule has 13 rings (SSSR count). The van der Waals surface area contributed by atoms with E-state index in [2.05, 4.69) is 223 Å². The summed E-state index contributed by atoms with van der Waals surface area (Å²) in [5.41, 5.74) is 12.6. The molecule has 11 aromatic carbocycles. The molecule has 0 radical (unpaired) electrons. The highest BCUT2D eigenvalue weighted by Crippen LogP contribution is 2.58. The van der Waals surface area contributed by atoms with Crippen LogP contribution in [0.25, 0.3) is 65.3 Å². The normalized spacial score (nSPS) is 13.5. The van der Waals surface area contributed by atoms with E-state index in [0.29, 0.717) is 0 Å². The van der Waals surface area contributed by atoms with Crippen molar-refractivity contribution < 1.29 is 4.74 Å². The molecule has 2 aliphatic rings. The summed E-state index contributed by atoms with van der Waals surface area (Å²) in [6, 6.07) is 82.3. The molecule has 0 bridgehead atoms. The van der Waals surface area contributed by atoms with Gasteiger partial charge < -0.3 is 9.64 Å². The van der Waals surface area contributed by atoms with Crippen molar-refractivity contribution in [3.8, 4) is 33.8 Å². The van der Waals surface area contributed by atoms with E-state index in [4.69, 9.17) is 4.74 Å². The lowest BCUT2D eigenvalue weighted by Gasteiger charge is -2.34. The minimum Gasteiger partial charge on any atom is -0.453 e. The molecule has 284 valence electrons. The first-order chi connectivity index (χ1) is 30.3. The van der Waals surface area contributed by atoms with Crippen molar-refractivity contribution in [3.05, 3.63) is 247 Å². The molecule has 1 heterocycles. The van der Waals surface area contributed by atoms with Crippen LogP contribution in [0.5, 0.6) is 11.5 Å². The van der Waals surface area contributed by atoms with Gasteiger partial charge in [0.15, 0.2) is 11.5 Å². The van der Waals surface area contributed by atoms with Gasteiger partial charge in [0.05, 0.1) is 16.8 Å². The van der Waals surface area contributed by atoms with Crippen LogP contribution < -0.4 is 9.64 Å². The zero-order valence-corrected chi connectivity index (χ0v) is 33.2. The molecule has 2 heteroatoms. The SMILES string of the molecule is c1ccc(N2c3ccccc3Oc3cc(-c4c5ccccc5c(-c5cc6c7c(ccc8cccc(c87)C6(c6ccccc6)c6ccccc6)c5)c5ccccc45)ccc32)cc1. The third kappa shape index (κ3) is 4.79. The molecule has 1 aliphatic carbocycles. The second-order valence-corrected chi connectivity index (χ2v) is 16.3. The van der Waals surface area contributed by atoms with Gasteiger partial charge in [-0.25, -0.2) is 0 Å². The zero-order valence-electron chi connectivity index (χ0n) is 33.2. The maximum atomic E-state index is 6.75. The van der Waals surface area contributed by atoms with Crippen molar-refractivity contribution in [3.63, 3.8) is 0 Å². The Morgan fingerprint density at radius 2 is 0.885 bits per heavy atom. The number of ether oxygens (including phenoxy) is 1. The smallest absolute Gasteiger partial charge is 0.152 e. The van der Waals surface area contributed by atoms with E-state index in [9.17, 15) is 0 Å². The Hall–Kier alpha value is -7.94. The van der Waals surface area contributed by atoms with Gasteiger partial charge >= 0.3 is 0 Å². The van der Waals surface area contributed by atoms with Gasteiger partial charge in [-0.15, -0.1) is 0 Å². The summed E-state index contributed by atoms with van der Waals surface area (Å²) in [5.74, 6) is 1.67. The number of hydrogen-bond donors (Lipinski definition) is 0. The first-order valence-electron chi connectivity index (χ1n) is 21.1. The van der Waals surface area contributed by atoms with Crippen LogP contribution in [-0.4, -0.2) is 0 Å². The third-order valence-corrected chi connectivity index (χ3v) is 13.2. The van der Waals surface area contributed by atoms with Gasteiger partial charge in [-0.3, -0.25) is 0 Å². The van der Waals surface area contributed by atoms with Gasteiger partial charge in [0.25, 0.3) is 0 Å². The predicted molar refractivity (Wildman–Crippen MR) is 254 cm³/mol. The van der Waals surface area contributed by atoms with Crippen LogP contribution >= 0.6 is 0 Å². The van der Waals surface area contributed by atoms with E-state index in [1.165, 1.54) is 82.0 Å². The molecule has 0 amide bonds. The lowest BCUT2D eigenvalue weighted by atomic mass is 9.67. The molecule has 0 unspecified atom stereocenters. The minimum absolute atomic E-state index is 0.499. The Labute approximate surface area is 354 Å². The molecule has 2 nitrogen and oxygen atoms in total. The predicted octanol–water partition coefficient (Wildman–Crippen LogP) is 15.9. The molecule has 11 aromatic rings. The van der Waals surface area contributed by atoms with Crippen molar-refractivity contribution in [2.45, 2.75) is 5.41 Å². The van der Waals surface area contributed by atoms with Crippen LogP contribution in [0, 0.1) is 0 Å². The van der Waals surface area contributed by atoms with Crippen LogP contribution in [0.4, 0.5) is 17.1 Å². The number of rotatable bonds is 5. The second kappa shape index (κ2) is 13.0. The van der Waals surface area contributed by atoms with Crippen LogP contribution in [0.2, 0.25) is 0 Å². The monoisotopic (exact) mass is 775 g/mol. The van der Waals surface area contributed by atoms with Gasteiger partial charge in [0, 0.05) is 5.69 Å². The molecule has 0 saturated heterocycles. The molecule has 0 fully saturated rings. The van der Waals surface area contributed by atoms with E-state index in [-0.39, 0.29) is 0 Å². The molecule has 0 spiro atoms. The zero-order chi connectivity index (χ0) is 40.1. The summed E-state index contributed by atoms with van der Waals surface area (Å²) in [6.45, 7) is 0. The highest BCUT2D eigenvalue weighted by molar-refractivity contribution is 6.23. The van der Waals surface area contributed by atoms with Crippen LogP contribution in [0.15, 0.2) is 224 Å². The molecule has 0 saturated carbocycles. The van der Waals surface area contributed by atoms with Crippen molar-refractivity contribution in [1.82, 2.24) is 0 Å². The topological polar surface area (TPSA) is 12.5 Å². The Balaban J connectivity index is 1.08. The van der Waals surface area contributed by atoms with Gasteiger partial charge in [0.2, 0.25) is 0 Å². The number of fused-ring (bicyclic) bond motifs is 4. The van der Waals surface area contributed by atoms with E-state index in [0.717, 1.165) is 34.1 Å². The molecular weight excluding hydrogens is 739 g/mol. The fourth-order valence-electron chi connectivity index (χ4n) is 10.8. The van der Waals surface area contributed by atoms with Gasteiger partial charge in [-0.05, 0) is 136 Å². The fraction of sp³-hybridized carbons (Fsp3) is 0.0169. The Morgan fingerprint density at radius 1 is 0.344 bits per heavy atom. The maximum Gasteiger partial charge on any atom is 0.152 e. The second-order valence-electron chi connectivity index (χ2n) is 16.3. The van der Waals surface area contributed by atoms with Crippen LogP contribution in [0.1, 0.15) is 22.3 Å². The molecule has 0 atom stereocenters. The average molecular weight is 776 g/mol. The molecule has 0 N–H and O–H groups in total. The molecule has 61 heavy (non-hydrogen) atoms.